The van der Waals surface area contributed by atoms with E-state index < -0.39 is 5.97 Å². The Labute approximate surface area is 113 Å². The lowest BCUT2D eigenvalue weighted by molar-refractivity contribution is 0.0690. The number of hydrogen-bond donors (Lipinski definition) is 2. The van der Waals surface area contributed by atoms with Crippen molar-refractivity contribution in [2.24, 2.45) is 5.92 Å². The first-order valence-corrected chi connectivity index (χ1v) is 7.01. The van der Waals surface area contributed by atoms with E-state index in [0.29, 0.717) is 11.9 Å². The Morgan fingerprint density at radius 3 is 2.58 bits per heavy atom. The minimum absolute atomic E-state index is 0.0165. The van der Waals surface area contributed by atoms with Gasteiger partial charge in [0.05, 0.1) is 12.4 Å². The molecule has 2 N–H and O–H groups in total. The number of aromatic carboxylic acids is 1. The van der Waals surface area contributed by atoms with Crippen LogP contribution in [0.3, 0.4) is 0 Å². The van der Waals surface area contributed by atoms with Gasteiger partial charge in [-0.3, -0.25) is 0 Å². The molecule has 0 bridgehead atoms. The van der Waals surface area contributed by atoms with Gasteiger partial charge >= 0.3 is 5.97 Å². The highest BCUT2D eigenvalue weighted by Gasteiger charge is 2.20. The predicted octanol–water partition coefficient (Wildman–Crippen LogP) is 2.95. The molecule has 0 aliphatic heterocycles. The first-order chi connectivity index (χ1) is 9.19. The number of carbonyl (C=O) groups is 1. The van der Waals surface area contributed by atoms with Crippen molar-refractivity contribution in [1.82, 2.24) is 9.97 Å². The number of anilines is 1. The molecule has 0 spiro atoms. The van der Waals surface area contributed by atoms with E-state index in [-0.39, 0.29) is 5.69 Å². The van der Waals surface area contributed by atoms with Gasteiger partial charge in [-0.2, -0.15) is 0 Å². The van der Waals surface area contributed by atoms with E-state index in [0.717, 1.165) is 18.8 Å². The van der Waals surface area contributed by atoms with Crippen LogP contribution >= 0.6 is 0 Å². The molecule has 0 atom stereocenters. The molecule has 5 heteroatoms. The van der Waals surface area contributed by atoms with Crippen LogP contribution < -0.4 is 5.32 Å². The molecule has 0 amide bonds. The van der Waals surface area contributed by atoms with E-state index in [4.69, 9.17) is 5.11 Å². The Morgan fingerprint density at radius 2 is 2.05 bits per heavy atom. The highest BCUT2D eigenvalue weighted by Crippen LogP contribution is 2.29. The lowest BCUT2D eigenvalue weighted by atomic mass is 9.83. The summed E-state index contributed by atoms with van der Waals surface area (Å²) in [5.41, 5.74) is -0.0165. The molecule has 5 nitrogen and oxygen atoms in total. The summed E-state index contributed by atoms with van der Waals surface area (Å²) < 4.78 is 0. The van der Waals surface area contributed by atoms with Gasteiger partial charge in [0.2, 0.25) is 0 Å². The molecule has 19 heavy (non-hydrogen) atoms. The average molecular weight is 263 g/mol. The van der Waals surface area contributed by atoms with Gasteiger partial charge in [0.1, 0.15) is 5.82 Å². The van der Waals surface area contributed by atoms with Gasteiger partial charge in [0.25, 0.3) is 0 Å². The third kappa shape index (κ3) is 3.91. The summed E-state index contributed by atoms with van der Waals surface area (Å²) in [5.74, 6) is 0.506. The standard InChI is InChI=1S/C14H21N3O2/c1-2-3-10-4-6-11(7-5-10)17-13-9-15-12(8-16-13)14(18)19/h8-11H,2-7H2,1H3,(H,16,17)(H,18,19). The summed E-state index contributed by atoms with van der Waals surface area (Å²) >= 11 is 0. The Balaban J connectivity index is 1.83. The minimum Gasteiger partial charge on any atom is -0.476 e. The maximum Gasteiger partial charge on any atom is 0.356 e. The summed E-state index contributed by atoms with van der Waals surface area (Å²) in [5, 5.41) is 12.1. The van der Waals surface area contributed by atoms with Gasteiger partial charge in [-0.1, -0.05) is 19.8 Å². The predicted molar refractivity (Wildman–Crippen MR) is 73.3 cm³/mol. The summed E-state index contributed by atoms with van der Waals surface area (Å²) in [4.78, 5) is 18.6. The molecule has 104 valence electrons. The summed E-state index contributed by atoms with van der Waals surface area (Å²) in [6.07, 6.45) is 10.3. The van der Waals surface area contributed by atoms with Crippen molar-refractivity contribution in [3.05, 3.63) is 18.1 Å². The number of hydrogen-bond acceptors (Lipinski definition) is 4. The number of nitrogens with one attached hydrogen (secondary N) is 1. The zero-order valence-corrected chi connectivity index (χ0v) is 11.3. The van der Waals surface area contributed by atoms with Crippen LogP contribution in [0.4, 0.5) is 5.82 Å². The van der Waals surface area contributed by atoms with Crippen molar-refractivity contribution in [3.63, 3.8) is 0 Å². The van der Waals surface area contributed by atoms with Gasteiger partial charge in [0.15, 0.2) is 5.69 Å². The molecular weight excluding hydrogens is 242 g/mol. The molecule has 1 aliphatic rings. The largest absolute Gasteiger partial charge is 0.476 e. The average Bonchev–Trinajstić information content (AvgIpc) is 2.42. The normalized spacial score (nSPS) is 23.0. The molecule has 0 unspecified atom stereocenters. The fraction of sp³-hybridized carbons (Fsp3) is 0.643. The summed E-state index contributed by atoms with van der Waals surface area (Å²) in [6.45, 7) is 2.24. The molecular formula is C14H21N3O2. The van der Waals surface area contributed by atoms with Gasteiger partial charge in [-0.15, -0.1) is 0 Å². The van der Waals surface area contributed by atoms with Crippen molar-refractivity contribution < 1.29 is 9.90 Å². The number of carboxylic acid groups (broad SMARTS) is 1. The second-order valence-electron chi connectivity index (χ2n) is 5.24. The van der Waals surface area contributed by atoms with Crippen LogP contribution in [-0.2, 0) is 0 Å². The SMILES string of the molecule is CCCC1CCC(Nc2cnc(C(=O)O)cn2)CC1. The Kier molecular flexibility index (Phi) is 4.71. The molecule has 0 saturated heterocycles. The second-order valence-corrected chi connectivity index (χ2v) is 5.24. The smallest absolute Gasteiger partial charge is 0.356 e. The van der Waals surface area contributed by atoms with Crippen LogP contribution in [0.1, 0.15) is 55.9 Å². The van der Waals surface area contributed by atoms with Gasteiger partial charge in [0, 0.05) is 6.04 Å². The van der Waals surface area contributed by atoms with E-state index in [2.05, 4.69) is 22.2 Å². The highest BCUT2D eigenvalue weighted by atomic mass is 16.4. The molecule has 1 aromatic rings. The van der Waals surface area contributed by atoms with Crippen molar-refractivity contribution >= 4 is 11.8 Å². The van der Waals surface area contributed by atoms with Gasteiger partial charge < -0.3 is 10.4 Å². The number of rotatable bonds is 5. The fourth-order valence-electron chi connectivity index (χ4n) is 2.73. The van der Waals surface area contributed by atoms with Crippen LogP contribution in [0.5, 0.6) is 0 Å². The molecule has 0 radical (unpaired) electrons. The second kappa shape index (κ2) is 6.50. The maximum absolute atomic E-state index is 10.7. The van der Waals surface area contributed by atoms with Crippen molar-refractivity contribution in [2.75, 3.05) is 5.32 Å². The van der Waals surface area contributed by atoms with Crippen molar-refractivity contribution in [2.45, 2.75) is 51.5 Å². The quantitative estimate of drug-likeness (QED) is 0.854. The van der Waals surface area contributed by atoms with E-state index in [1.54, 1.807) is 0 Å². The molecule has 1 heterocycles. The molecule has 1 fully saturated rings. The molecule has 1 aliphatic carbocycles. The van der Waals surface area contributed by atoms with Crippen LogP contribution in [-0.4, -0.2) is 27.1 Å². The molecule has 0 aromatic carbocycles. The van der Waals surface area contributed by atoms with Crippen LogP contribution in [0.2, 0.25) is 0 Å². The third-order valence-corrected chi connectivity index (χ3v) is 3.77. The van der Waals surface area contributed by atoms with E-state index in [9.17, 15) is 4.79 Å². The van der Waals surface area contributed by atoms with Crippen LogP contribution in [0, 0.1) is 5.92 Å². The number of aromatic nitrogens is 2. The van der Waals surface area contributed by atoms with Gasteiger partial charge in [-0.25, -0.2) is 14.8 Å². The van der Waals surface area contributed by atoms with E-state index >= 15 is 0 Å². The molecule has 1 saturated carbocycles. The zero-order valence-electron chi connectivity index (χ0n) is 11.3. The van der Waals surface area contributed by atoms with E-state index in [1.165, 1.54) is 38.1 Å². The molecule has 2 rings (SSSR count). The lowest BCUT2D eigenvalue weighted by Gasteiger charge is -2.29. The summed E-state index contributed by atoms with van der Waals surface area (Å²) in [7, 11) is 0. The fourth-order valence-corrected chi connectivity index (χ4v) is 2.73. The highest BCUT2D eigenvalue weighted by molar-refractivity contribution is 5.84. The Morgan fingerprint density at radius 1 is 1.32 bits per heavy atom. The van der Waals surface area contributed by atoms with Crippen LogP contribution in [0.25, 0.3) is 0 Å². The van der Waals surface area contributed by atoms with Crippen molar-refractivity contribution in [1.29, 1.82) is 0 Å². The lowest BCUT2D eigenvalue weighted by Crippen LogP contribution is -2.26. The Bertz CT molecular complexity index is 411. The summed E-state index contributed by atoms with van der Waals surface area (Å²) in [6, 6.07) is 0.443. The number of nitrogens with zero attached hydrogens (tertiary/aromatic N) is 2. The topological polar surface area (TPSA) is 75.1 Å². The van der Waals surface area contributed by atoms with Crippen molar-refractivity contribution in [3.8, 4) is 0 Å². The first-order valence-electron chi connectivity index (χ1n) is 7.01. The number of carboxylic acids is 1. The van der Waals surface area contributed by atoms with Crippen LogP contribution in [0.15, 0.2) is 12.4 Å². The maximum atomic E-state index is 10.7. The van der Waals surface area contributed by atoms with Gasteiger partial charge in [-0.05, 0) is 31.6 Å². The van der Waals surface area contributed by atoms with E-state index in [1.807, 2.05) is 0 Å². The zero-order chi connectivity index (χ0) is 13.7. The molecule has 1 aromatic heterocycles. The minimum atomic E-state index is -1.04. The Hall–Kier alpha value is -1.65. The monoisotopic (exact) mass is 263 g/mol. The first kappa shape index (κ1) is 13.8. The third-order valence-electron chi connectivity index (χ3n) is 3.77.